The number of hydrogen-bond acceptors (Lipinski definition) is 6. The van der Waals surface area contributed by atoms with Crippen LogP contribution in [0.25, 0.3) is 11.1 Å². The number of carbonyl (C=O) groups is 1. The first-order valence-corrected chi connectivity index (χ1v) is 15.7. The van der Waals surface area contributed by atoms with Gasteiger partial charge in [-0.1, -0.05) is 61.3 Å². The van der Waals surface area contributed by atoms with E-state index in [-0.39, 0.29) is 43.3 Å². The van der Waals surface area contributed by atoms with E-state index in [1.165, 1.54) is 62.6 Å². The molecule has 1 atom stereocenters. The SMILES string of the molecule is CCS(=O)(=O)c1ccc(-c2c(Cl)cc(CC(=O)C(F)(COC)c3ccc(S(=O)(=O)CC)cc3)cc2Cl)cc1. The fourth-order valence-corrected chi connectivity index (χ4v) is 6.46. The van der Waals surface area contributed by atoms with E-state index in [9.17, 15) is 21.6 Å². The maximum absolute atomic E-state index is 16.1. The van der Waals surface area contributed by atoms with E-state index in [4.69, 9.17) is 27.9 Å². The van der Waals surface area contributed by atoms with Gasteiger partial charge < -0.3 is 4.74 Å². The molecule has 0 saturated carbocycles. The Hall–Kier alpha value is -2.30. The number of hydrogen-bond donors (Lipinski definition) is 0. The molecule has 3 aromatic carbocycles. The number of Topliss-reactive ketones (excluding diaryl/α,β-unsaturated/α-hetero) is 1. The van der Waals surface area contributed by atoms with Crippen molar-refractivity contribution in [1.82, 2.24) is 0 Å². The van der Waals surface area contributed by atoms with Crippen molar-refractivity contribution in [2.75, 3.05) is 25.2 Å². The van der Waals surface area contributed by atoms with Gasteiger partial charge in [0.25, 0.3) is 0 Å². The van der Waals surface area contributed by atoms with Crippen molar-refractivity contribution in [2.45, 2.75) is 35.7 Å². The highest BCUT2D eigenvalue weighted by atomic mass is 35.5. The standard InChI is InChI=1S/C27H27Cl2FO6S2/c1-4-37(32,33)21-10-6-19(7-11-21)26-23(28)14-18(15-24(26)29)16-25(31)27(30,17-36-3)20-8-12-22(13-9-20)38(34,35)5-2/h6-15H,4-5,16-17H2,1-3H3. The van der Waals surface area contributed by atoms with Gasteiger partial charge >= 0.3 is 0 Å². The molecule has 38 heavy (non-hydrogen) atoms. The number of halogens is 3. The molecular weight excluding hydrogens is 574 g/mol. The molecule has 0 spiro atoms. The smallest absolute Gasteiger partial charge is 0.217 e. The second-order valence-electron chi connectivity index (χ2n) is 8.62. The number of alkyl halides is 1. The molecule has 11 heteroatoms. The molecule has 0 aliphatic carbocycles. The maximum atomic E-state index is 16.1. The van der Waals surface area contributed by atoms with Crippen LogP contribution in [0.3, 0.4) is 0 Å². The third-order valence-corrected chi connectivity index (χ3v) is 10.3. The maximum Gasteiger partial charge on any atom is 0.217 e. The molecule has 0 radical (unpaired) electrons. The van der Waals surface area contributed by atoms with Crippen molar-refractivity contribution in [3.05, 3.63) is 81.8 Å². The summed E-state index contributed by atoms with van der Waals surface area (Å²) in [5.74, 6) is -0.958. The van der Waals surface area contributed by atoms with Crippen molar-refractivity contribution in [3.8, 4) is 11.1 Å². The summed E-state index contributed by atoms with van der Waals surface area (Å²) >= 11 is 13.0. The number of carbonyl (C=O) groups excluding carboxylic acids is 1. The van der Waals surface area contributed by atoms with Gasteiger partial charge in [0, 0.05) is 19.1 Å². The molecule has 3 rings (SSSR count). The predicted molar refractivity (Wildman–Crippen MR) is 147 cm³/mol. The molecule has 204 valence electrons. The highest BCUT2D eigenvalue weighted by Crippen LogP contribution is 2.37. The zero-order valence-electron chi connectivity index (χ0n) is 21.0. The summed E-state index contributed by atoms with van der Waals surface area (Å²) in [4.78, 5) is 13.4. The zero-order chi connectivity index (χ0) is 28.3. The normalized spacial score (nSPS) is 13.7. The summed E-state index contributed by atoms with van der Waals surface area (Å²) in [6, 6.07) is 14.2. The molecule has 0 aliphatic rings. The topological polar surface area (TPSA) is 94.6 Å². The number of ether oxygens (including phenoxy) is 1. The van der Waals surface area contributed by atoms with Gasteiger partial charge in [0.2, 0.25) is 5.67 Å². The Labute approximate surface area is 232 Å². The Bertz CT molecular complexity index is 1510. The van der Waals surface area contributed by atoms with Crippen molar-refractivity contribution in [1.29, 1.82) is 0 Å². The molecule has 0 amide bonds. The molecule has 0 heterocycles. The minimum Gasteiger partial charge on any atom is -0.380 e. The lowest BCUT2D eigenvalue weighted by atomic mass is 9.88. The third kappa shape index (κ3) is 6.29. The van der Waals surface area contributed by atoms with Crippen LogP contribution in [0.2, 0.25) is 10.0 Å². The lowest BCUT2D eigenvalue weighted by molar-refractivity contribution is -0.134. The molecule has 6 nitrogen and oxygen atoms in total. The van der Waals surface area contributed by atoms with E-state index >= 15 is 4.39 Å². The highest BCUT2D eigenvalue weighted by Gasteiger charge is 2.40. The average molecular weight is 602 g/mol. The van der Waals surface area contributed by atoms with Gasteiger partial charge in [-0.05, 0) is 53.1 Å². The van der Waals surface area contributed by atoms with Crippen molar-refractivity contribution in [2.24, 2.45) is 0 Å². The fraction of sp³-hybridized carbons (Fsp3) is 0.296. The molecule has 0 bridgehead atoms. The van der Waals surface area contributed by atoms with Gasteiger partial charge in [-0.3, -0.25) is 4.79 Å². The van der Waals surface area contributed by atoms with Crippen molar-refractivity contribution < 1.29 is 30.8 Å². The van der Waals surface area contributed by atoms with Crippen LogP contribution in [0.15, 0.2) is 70.5 Å². The fourth-order valence-electron chi connectivity index (χ4n) is 3.94. The van der Waals surface area contributed by atoms with Gasteiger partial charge in [0.05, 0.1) is 37.9 Å². The van der Waals surface area contributed by atoms with Crippen molar-refractivity contribution in [3.63, 3.8) is 0 Å². The second-order valence-corrected chi connectivity index (χ2v) is 14.0. The average Bonchev–Trinajstić information content (AvgIpc) is 2.88. The summed E-state index contributed by atoms with van der Waals surface area (Å²) in [5, 5.41) is 0.411. The molecule has 0 saturated heterocycles. The number of rotatable bonds is 11. The van der Waals surface area contributed by atoms with Gasteiger partial charge in [0.15, 0.2) is 25.5 Å². The molecule has 0 aliphatic heterocycles. The molecule has 1 unspecified atom stereocenters. The summed E-state index contributed by atoms with van der Waals surface area (Å²) in [6.45, 7) is 2.49. The molecule has 0 N–H and O–H groups in total. The first kappa shape index (κ1) is 30.2. The molecule has 0 fully saturated rings. The summed E-state index contributed by atoms with van der Waals surface area (Å²) in [6.07, 6.45) is -0.359. The first-order chi connectivity index (χ1) is 17.8. The van der Waals surface area contributed by atoms with Gasteiger partial charge in [-0.15, -0.1) is 0 Å². The monoisotopic (exact) mass is 600 g/mol. The summed E-state index contributed by atoms with van der Waals surface area (Å²) in [7, 11) is -5.60. The third-order valence-electron chi connectivity index (χ3n) is 6.18. The van der Waals surface area contributed by atoms with Crippen LogP contribution in [0.1, 0.15) is 25.0 Å². The quantitative estimate of drug-likeness (QED) is 0.273. The molecule has 0 aromatic heterocycles. The minimum absolute atomic E-state index is 0.0301. The van der Waals surface area contributed by atoms with Crippen LogP contribution in [-0.4, -0.2) is 47.8 Å². The number of benzene rings is 3. The lowest BCUT2D eigenvalue weighted by Crippen LogP contribution is -2.37. The Morgan fingerprint density at radius 1 is 0.842 bits per heavy atom. The zero-order valence-corrected chi connectivity index (χ0v) is 24.1. The van der Waals surface area contributed by atoms with E-state index in [1.807, 2.05) is 0 Å². The van der Waals surface area contributed by atoms with E-state index < -0.39 is 37.7 Å². The highest BCUT2D eigenvalue weighted by molar-refractivity contribution is 7.91. The lowest BCUT2D eigenvalue weighted by Gasteiger charge is -2.24. The van der Waals surface area contributed by atoms with Crippen LogP contribution in [0, 0.1) is 0 Å². The first-order valence-electron chi connectivity index (χ1n) is 11.6. The predicted octanol–water partition coefficient (Wildman–Crippen LogP) is 5.87. The van der Waals surface area contributed by atoms with Crippen LogP contribution in [0.4, 0.5) is 4.39 Å². The van der Waals surface area contributed by atoms with Crippen LogP contribution < -0.4 is 0 Å². The molecular formula is C27H27Cl2FO6S2. The van der Waals surface area contributed by atoms with E-state index in [1.54, 1.807) is 19.1 Å². The molecule has 3 aromatic rings. The number of methoxy groups -OCH3 is 1. The second kappa shape index (κ2) is 11.8. The summed E-state index contributed by atoms with van der Waals surface area (Å²) < 4.78 is 69.4. The number of ketones is 1. The Morgan fingerprint density at radius 3 is 1.71 bits per heavy atom. The Morgan fingerprint density at radius 2 is 1.29 bits per heavy atom. The van der Waals surface area contributed by atoms with Crippen molar-refractivity contribution >= 4 is 48.7 Å². The Balaban J connectivity index is 1.91. The largest absolute Gasteiger partial charge is 0.380 e. The van der Waals surface area contributed by atoms with Crippen LogP contribution >= 0.6 is 23.2 Å². The van der Waals surface area contributed by atoms with E-state index in [2.05, 4.69) is 0 Å². The minimum atomic E-state index is -3.49. The van der Waals surface area contributed by atoms with E-state index in [0.29, 0.717) is 16.7 Å². The van der Waals surface area contributed by atoms with Crippen LogP contribution in [-0.2, 0) is 41.3 Å². The van der Waals surface area contributed by atoms with E-state index in [0.717, 1.165) is 0 Å². The van der Waals surface area contributed by atoms with Crippen LogP contribution in [0.5, 0.6) is 0 Å². The van der Waals surface area contributed by atoms with Gasteiger partial charge in [0.1, 0.15) is 0 Å². The van der Waals surface area contributed by atoms with Gasteiger partial charge in [-0.2, -0.15) is 0 Å². The summed E-state index contributed by atoms with van der Waals surface area (Å²) in [5.41, 5.74) is -1.19. The Kier molecular flexibility index (Phi) is 9.42. The van der Waals surface area contributed by atoms with Gasteiger partial charge in [-0.25, -0.2) is 21.2 Å². The number of sulfone groups is 2.